The summed E-state index contributed by atoms with van der Waals surface area (Å²) in [5.41, 5.74) is -3.07. The van der Waals surface area contributed by atoms with Crippen molar-refractivity contribution in [3.05, 3.63) is 76.2 Å². The van der Waals surface area contributed by atoms with Crippen LogP contribution in [-0.2, 0) is 17.1 Å². The zero-order chi connectivity index (χ0) is 23.5. The Morgan fingerprint density at radius 1 is 1.00 bits per heavy atom. The molecule has 0 bridgehead atoms. The van der Waals surface area contributed by atoms with Gasteiger partial charge >= 0.3 is 12.4 Å². The normalized spacial score (nSPS) is 12.3. The van der Waals surface area contributed by atoms with E-state index in [1.165, 1.54) is 6.07 Å². The molecule has 3 rings (SSSR count). The number of nitrogens with one attached hydrogen (secondary N) is 1. The lowest BCUT2D eigenvalue weighted by atomic mass is 10.0. The fraction of sp³-hybridized carbons (Fsp3) is 0.0952. The second-order valence-electron chi connectivity index (χ2n) is 6.37. The lowest BCUT2D eigenvalue weighted by Crippen LogP contribution is -2.14. The average Bonchev–Trinajstić information content (AvgIpc) is 3.19. The lowest BCUT2D eigenvalue weighted by Gasteiger charge is -2.13. The van der Waals surface area contributed by atoms with Gasteiger partial charge < -0.3 is 0 Å². The van der Waals surface area contributed by atoms with E-state index < -0.39 is 40.5 Å². The number of aromatic nitrogens is 1. The van der Waals surface area contributed by atoms with Gasteiger partial charge in [0.2, 0.25) is 0 Å². The number of rotatable bonds is 4. The molecule has 1 amide bonds. The van der Waals surface area contributed by atoms with Gasteiger partial charge in [0, 0.05) is 10.9 Å². The van der Waals surface area contributed by atoms with E-state index in [2.05, 4.69) is 10.3 Å². The number of nitriles is 1. The molecule has 2 aromatic carbocycles. The monoisotopic (exact) mass is 467 g/mol. The van der Waals surface area contributed by atoms with E-state index in [0.29, 0.717) is 23.9 Å². The highest BCUT2D eigenvalue weighted by Gasteiger charge is 2.36. The van der Waals surface area contributed by atoms with Gasteiger partial charge in [0.1, 0.15) is 11.6 Å². The number of nitrogens with zero attached hydrogens (tertiary/aromatic N) is 2. The van der Waals surface area contributed by atoms with E-state index in [-0.39, 0.29) is 11.2 Å². The Kier molecular flexibility index (Phi) is 6.36. The molecule has 1 heterocycles. The number of benzene rings is 2. The van der Waals surface area contributed by atoms with Crippen LogP contribution in [0.3, 0.4) is 0 Å². The fourth-order valence-corrected chi connectivity index (χ4v) is 3.33. The molecule has 11 heteroatoms. The Bertz CT molecular complexity index is 1170. The van der Waals surface area contributed by atoms with Crippen molar-refractivity contribution in [2.24, 2.45) is 0 Å². The van der Waals surface area contributed by atoms with Crippen molar-refractivity contribution in [3.8, 4) is 17.3 Å². The lowest BCUT2D eigenvalue weighted by molar-refractivity contribution is -0.143. The Hall–Kier alpha value is -3.65. The predicted octanol–water partition coefficient (Wildman–Crippen LogP) is 6.39. The summed E-state index contributed by atoms with van der Waals surface area (Å²) in [5.74, 6) is -1.02. The van der Waals surface area contributed by atoms with Crippen molar-refractivity contribution >= 4 is 28.5 Å². The first kappa shape index (κ1) is 23.0. The first-order valence-electron chi connectivity index (χ1n) is 8.71. The third-order valence-corrected chi connectivity index (χ3v) is 4.84. The second-order valence-corrected chi connectivity index (χ2v) is 7.23. The molecule has 164 valence electrons. The summed E-state index contributed by atoms with van der Waals surface area (Å²) in [6.07, 6.45) is -9.44. The molecule has 4 nitrogen and oxygen atoms in total. The van der Waals surface area contributed by atoms with Gasteiger partial charge in [-0.1, -0.05) is 30.3 Å². The van der Waals surface area contributed by atoms with Crippen LogP contribution in [0.4, 0.5) is 31.5 Å². The van der Waals surface area contributed by atoms with Crippen LogP contribution in [0.25, 0.3) is 17.3 Å². The first-order valence-corrected chi connectivity index (χ1v) is 9.59. The minimum absolute atomic E-state index is 0.0376. The quantitative estimate of drug-likeness (QED) is 0.275. The molecule has 0 aliphatic heterocycles. The van der Waals surface area contributed by atoms with Gasteiger partial charge in [-0.3, -0.25) is 10.1 Å². The third kappa shape index (κ3) is 5.53. The van der Waals surface area contributed by atoms with Crippen LogP contribution >= 0.6 is 11.3 Å². The van der Waals surface area contributed by atoms with Gasteiger partial charge in [-0.05, 0) is 29.8 Å². The van der Waals surface area contributed by atoms with Crippen molar-refractivity contribution in [3.63, 3.8) is 0 Å². The number of hydrogen-bond donors (Lipinski definition) is 1. The Labute approximate surface area is 181 Å². The zero-order valence-electron chi connectivity index (χ0n) is 15.8. The Balaban J connectivity index is 1.90. The number of hydrogen-bond acceptors (Lipinski definition) is 4. The van der Waals surface area contributed by atoms with Crippen LogP contribution in [0.2, 0.25) is 0 Å². The van der Waals surface area contributed by atoms with Gasteiger partial charge in [-0.25, -0.2) is 4.98 Å². The minimum atomic E-state index is -5.05. The van der Waals surface area contributed by atoms with E-state index in [1.54, 1.807) is 35.7 Å². The zero-order valence-corrected chi connectivity index (χ0v) is 16.6. The maximum absolute atomic E-state index is 13.0. The molecule has 0 atom stereocenters. The van der Waals surface area contributed by atoms with Crippen molar-refractivity contribution in [1.29, 1.82) is 5.26 Å². The largest absolute Gasteiger partial charge is 0.416 e. The van der Waals surface area contributed by atoms with E-state index in [0.717, 1.165) is 16.9 Å². The molecule has 0 aliphatic carbocycles. The summed E-state index contributed by atoms with van der Waals surface area (Å²) in [6.45, 7) is 0. The predicted molar refractivity (Wildman–Crippen MR) is 106 cm³/mol. The summed E-state index contributed by atoms with van der Waals surface area (Å²) in [6, 6.07) is 11.3. The SMILES string of the molecule is N#C/C(=C\c1cc(C(F)(F)F)cc(C(F)(F)F)c1)C(=O)Nc1nc(-c2ccccc2)cs1. The molecule has 0 saturated carbocycles. The number of thiazole rings is 1. The van der Waals surface area contributed by atoms with Crippen molar-refractivity contribution < 1.29 is 31.1 Å². The van der Waals surface area contributed by atoms with Crippen LogP contribution < -0.4 is 5.32 Å². The molecule has 0 aliphatic rings. The molecular weight excluding hydrogens is 456 g/mol. The molecule has 0 spiro atoms. The first-order chi connectivity index (χ1) is 15.0. The molecule has 1 N–H and O–H groups in total. The van der Waals surface area contributed by atoms with E-state index in [9.17, 15) is 36.4 Å². The van der Waals surface area contributed by atoms with Crippen LogP contribution in [0, 0.1) is 11.3 Å². The van der Waals surface area contributed by atoms with E-state index >= 15 is 0 Å². The highest BCUT2D eigenvalue weighted by atomic mass is 32.1. The van der Waals surface area contributed by atoms with Crippen LogP contribution in [-0.4, -0.2) is 10.9 Å². The Morgan fingerprint density at radius 2 is 1.59 bits per heavy atom. The highest BCUT2D eigenvalue weighted by molar-refractivity contribution is 7.14. The Morgan fingerprint density at radius 3 is 2.12 bits per heavy atom. The van der Waals surface area contributed by atoms with Gasteiger partial charge in [0.05, 0.1) is 16.8 Å². The van der Waals surface area contributed by atoms with Crippen LogP contribution in [0.15, 0.2) is 59.5 Å². The smallest absolute Gasteiger partial charge is 0.297 e. The number of anilines is 1. The van der Waals surface area contributed by atoms with Gasteiger partial charge in [-0.15, -0.1) is 11.3 Å². The topological polar surface area (TPSA) is 65.8 Å². The van der Waals surface area contributed by atoms with Gasteiger partial charge in [0.25, 0.3) is 5.91 Å². The number of carbonyl (C=O) groups excluding carboxylic acids is 1. The summed E-state index contributed by atoms with van der Waals surface area (Å²) in [4.78, 5) is 16.6. The molecule has 0 radical (unpaired) electrons. The van der Waals surface area contributed by atoms with E-state index in [1.807, 2.05) is 0 Å². The third-order valence-electron chi connectivity index (χ3n) is 4.08. The number of alkyl halides is 6. The molecule has 0 fully saturated rings. The van der Waals surface area contributed by atoms with Crippen molar-refractivity contribution in [1.82, 2.24) is 4.98 Å². The maximum Gasteiger partial charge on any atom is 0.416 e. The molecule has 0 unspecified atom stereocenters. The maximum atomic E-state index is 13.0. The number of carbonyl (C=O) groups is 1. The summed E-state index contributed by atoms with van der Waals surface area (Å²) < 4.78 is 78.0. The van der Waals surface area contributed by atoms with Crippen LogP contribution in [0.1, 0.15) is 16.7 Å². The second kappa shape index (κ2) is 8.84. The van der Waals surface area contributed by atoms with Crippen LogP contribution in [0.5, 0.6) is 0 Å². The fourth-order valence-electron chi connectivity index (χ4n) is 2.61. The van der Waals surface area contributed by atoms with Crippen molar-refractivity contribution in [2.45, 2.75) is 12.4 Å². The molecular formula is C21H11F6N3OS. The number of halogens is 6. The minimum Gasteiger partial charge on any atom is -0.297 e. The van der Waals surface area contributed by atoms with Crippen molar-refractivity contribution in [2.75, 3.05) is 5.32 Å². The highest BCUT2D eigenvalue weighted by Crippen LogP contribution is 2.36. The average molecular weight is 467 g/mol. The summed E-state index contributed by atoms with van der Waals surface area (Å²) in [7, 11) is 0. The molecule has 32 heavy (non-hydrogen) atoms. The summed E-state index contributed by atoms with van der Waals surface area (Å²) >= 11 is 1.04. The number of amides is 1. The standard InChI is InChI=1S/C21H11F6N3OS/c22-20(23,24)15-7-12(8-16(9-15)21(25,26)27)6-14(10-28)18(31)30-19-29-17(11-32-19)13-4-2-1-3-5-13/h1-9,11H,(H,29,30,31)/b14-6+. The molecule has 0 saturated heterocycles. The van der Waals surface area contributed by atoms with E-state index in [4.69, 9.17) is 0 Å². The summed E-state index contributed by atoms with van der Waals surface area (Å²) in [5, 5.41) is 13.3. The molecule has 3 aromatic rings. The van der Waals surface area contributed by atoms with Gasteiger partial charge in [0.15, 0.2) is 5.13 Å². The van der Waals surface area contributed by atoms with Gasteiger partial charge in [-0.2, -0.15) is 31.6 Å². The molecule has 1 aromatic heterocycles.